The van der Waals surface area contributed by atoms with Crippen LogP contribution in [0.5, 0.6) is 0 Å². The molecule has 0 aromatic heterocycles. The largest absolute Gasteiger partial charge is 0.192 e. The van der Waals surface area contributed by atoms with Crippen LogP contribution in [0.4, 0.5) is 0 Å². The first-order valence-electron chi connectivity index (χ1n) is 6.34. The first-order chi connectivity index (χ1) is 8.81. The summed E-state index contributed by atoms with van der Waals surface area (Å²) in [5, 5.41) is 9.17. The number of nitrogens with zero attached hydrogens (tertiary/aromatic N) is 1. The monoisotopic (exact) mass is 235 g/mol. The second-order valence-corrected chi connectivity index (χ2v) is 4.56. The van der Waals surface area contributed by atoms with Gasteiger partial charge in [0.25, 0.3) is 0 Å². The van der Waals surface area contributed by atoms with Crippen LogP contribution in [0, 0.1) is 18.3 Å². The number of hydrogen-bond donors (Lipinski definition) is 0. The summed E-state index contributed by atoms with van der Waals surface area (Å²) in [5.74, 6) is 0. The predicted molar refractivity (Wildman–Crippen MR) is 74.4 cm³/mol. The molecule has 0 fully saturated rings. The van der Waals surface area contributed by atoms with Crippen molar-refractivity contribution < 1.29 is 0 Å². The second-order valence-electron chi connectivity index (χ2n) is 4.56. The van der Waals surface area contributed by atoms with Crippen LogP contribution in [0.1, 0.15) is 28.7 Å². The fraction of sp³-hybridized carbons (Fsp3) is 0.235. The Labute approximate surface area is 109 Å². The van der Waals surface area contributed by atoms with Crippen LogP contribution in [0.15, 0.2) is 48.5 Å². The molecule has 0 radical (unpaired) electrons. The molecule has 1 heteroatoms. The van der Waals surface area contributed by atoms with Crippen LogP contribution < -0.4 is 0 Å². The molecule has 0 aliphatic heterocycles. The Morgan fingerprint density at radius 1 is 0.944 bits per heavy atom. The van der Waals surface area contributed by atoms with E-state index in [1.807, 2.05) is 25.1 Å². The van der Waals surface area contributed by atoms with Gasteiger partial charge < -0.3 is 0 Å². The van der Waals surface area contributed by atoms with Gasteiger partial charge in [-0.2, -0.15) is 5.26 Å². The SMILES string of the molecule is Cc1cccc(CCCc2ccccc2)c1C#N. The van der Waals surface area contributed by atoms with E-state index >= 15 is 0 Å². The first-order valence-corrected chi connectivity index (χ1v) is 6.34. The van der Waals surface area contributed by atoms with Gasteiger partial charge in [0.05, 0.1) is 11.6 Å². The third-order valence-electron chi connectivity index (χ3n) is 3.23. The molecule has 0 amide bonds. The average molecular weight is 235 g/mol. The third-order valence-corrected chi connectivity index (χ3v) is 3.23. The van der Waals surface area contributed by atoms with Crippen molar-refractivity contribution in [3.63, 3.8) is 0 Å². The lowest BCUT2D eigenvalue weighted by Gasteiger charge is -2.06. The Morgan fingerprint density at radius 2 is 1.72 bits per heavy atom. The molecular formula is C17H17N. The van der Waals surface area contributed by atoms with Gasteiger partial charge in [0.15, 0.2) is 0 Å². The number of rotatable bonds is 4. The Morgan fingerprint density at radius 3 is 2.44 bits per heavy atom. The van der Waals surface area contributed by atoms with Gasteiger partial charge in [-0.05, 0) is 42.9 Å². The van der Waals surface area contributed by atoms with Gasteiger partial charge in [-0.25, -0.2) is 0 Å². The lowest BCUT2D eigenvalue weighted by Crippen LogP contribution is -1.95. The zero-order chi connectivity index (χ0) is 12.8. The van der Waals surface area contributed by atoms with E-state index in [2.05, 4.69) is 36.4 Å². The molecule has 0 unspecified atom stereocenters. The van der Waals surface area contributed by atoms with Crippen LogP contribution in [-0.2, 0) is 12.8 Å². The minimum Gasteiger partial charge on any atom is -0.192 e. The highest BCUT2D eigenvalue weighted by Gasteiger charge is 2.04. The molecule has 0 saturated carbocycles. The lowest BCUT2D eigenvalue weighted by atomic mass is 9.97. The van der Waals surface area contributed by atoms with Crippen LogP contribution in [0.3, 0.4) is 0 Å². The molecule has 0 saturated heterocycles. The molecule has 2 aromatic carbocycles. The maximum Gasteiger partial charge on any atom is 0.0997 e. The summed E-state index contributed by atoms with van der Waals surface area (Å²) in [6, 6.07) is 18.9. The molecule has 1 nitrogen and oxygen atoms in total. The predicted octanol–water partition coefficient (Wildman–Crippen LogP) is 4.04. The number of aryl methyl sites for hydroxylation is 3. The zero-order valence-corrected chi connectivity index (χ0v) is 10.7. The van der Waals surface area contributed by atoms with Crippen molar-refractivity contribution in [3.05, 3.63) is 70.8 Å². The van der Waals surface area contributed by atoms with Crippen LogP contribution in [-0.4, -0.2) is 0 Å². The minimum absolute atomic E-state index is 0.852. The van der Waals surface area contributed by atoms with Crippen molar-refractivity contribution in [1.29, 1.82) is 5.26 Å². The topological polar surface area (TPSA) is 23.8 Å². The second kappa shape index (κ2) is 6.02. The third kappa shape index (κ3) is 2.99. The summed E-state index contributed by atoms with van der Waals surface area (Å²) in [4.78, 5) is 0. The summed E-state index contributed by atoms with van der Waals surface area (Å²) in [6.07, 6.45) is 3.13. The number of benzene rings is 2. The van der Waals surface area contributed by atoms with Gasteiger partial charge in [-0.3, -0.25) is 0 Å². The molecule has 2 rings (SSSR count). The average Bonchev–Trinajstić information content (AvgIpc) is 2.40. The van der Waals surface area contributed by atoms with E-state index in [9.17, 15) is 0 Å². The molecule has 0 N–H and O–H groups in total. The van der Waals surface area contributed by atoms with E-state index in [0.29, 0.717) is 0 Å². The highest BCUT2D eigenvalue weighted by atomic mass is 14.2. The smallest absolute Gasteiger partial charge is 0.0997 e. The van der Waals surface area contributed by atoms with Crippen LogP contribution >= 0.6 is 0 Å². The fourth-order valence-corrected chi connectivity index (χ4v) is 2.22. The van der Waals surface area contributed by atoms with Gasteiger partial charge in [0.1, 0.15) is 0 Å². The molecule has 2 aromatic rings. The van der Waals surface area contributed by atoms with E-state index < -0.39 is 0 Å². The van der Waals surface area contributed by atoms with Crippen molar-refractivity contribution in [2.75, 3.05) is 0 Å². The molecule has 0 spiro atoms. The summed E-state index contributed by atoms with van der Waals surface area (Å²) in [5.41, 5.74) is 4.47. The minimum atomic E-state index is 0.852. The number of nitriles is 1. The highest BCUT2D eigenvalue weighted by Crippen LogP contribution is 2.16. The number of hydrogen-bond acceptors (Lipinski definition) is 1. The summed E-state index contributed by atoms with van der Waals surface area (Å²) < 4.78 is 0. The van der Waals surface area contributed by atoms with Gasteiger partial charge in [0, 0.05) is 0 Å². The van der Waals surface area contributed by atoms with Crippen LogP contribution in [0.2, 0.25) is 0 Å². The van der Waals surface area contributed by atoms with E-state index in [1.165, 1.54) is 11.1 Å². The van der Waals surface area contributed by atoms with Gasteiger partial charge >= 0.3 is 0 Å². The maximum absolute atomic E-state index is 9.17. The fourth-order valence-electron chi connectivity index (χ4n) is 2.22. The van der Waals surface area contributed by atoms with E-state index in [0.717, 1.165) is 30.4 Å². The molecule has 0 heterocycles. The van der Waals surface area contributed by atoms with Gasteiger partial charge in [-0.15, -0.1) is 0 Å². The molecule has 0 aliphatic rings. The lowest BCUT2D eigenvalue weighted by molar-refractivity contribution is 0.818. The van der Waals surface area contributed by atoms with E-state index in [1.54, 1.807) is 0 Å². The summed E-state index contributed by atoms with van der Waals surface area (Å²) in [6.45, 7) is 2.00. The standard InChI is InChI=1S/C17H17N/c1-14-7-5-11-16(17(14)13-18)12-6-10-15-8-3-2-4-9-15/h2-5,7-9,11H,6,10,12H2,1H3. The Hall–Kier alpha value is -2.07. The van der Waals surface area contributed by atoms with E-state index in [-0.39, 0.29) is 0 Å². The first kappa shape index (κ1) is 12.4. The van der Waals surface area contributed by atoms with Gasteiger partial charge in [0.2, 0.25) is 0 Å². The Bertz CT molecular complexity index is 550. The van der Waals surface area contributed by atoms with Crippen molar-refractivity contribution in [2.45, 2.75) is 26.2 Å². The molecule has 0 bridgehead atoms. The Balaban J connectivity index is 1.99. The zero-order valence-electron chi connectivity index (χ0n) is 10.7. The van der Waals surface area contributed by atoms with Crippen molar-refractivity contribution in [1.82, 2.24) is 0 Å². The summed E-state index contributed by atoms with van der Waals surface area (Å²) in [7, 11) is 0. The van der Waals surface area contributed by atoms with Crippen molar-refractivity contribution in [2.24, 2.45) is 0 Å². The van der Waals surface area contributed by atoms with Gasteiger partial charge in [-0.1, -0.05) is 48.5 Å². The molecule has 18 heavy (non-hydrogen) atoms. The molecule has 90 valence electrons. The normalized spacial score (nSPS) is 10.0. The van der Waals surface area contributed by atoms with Crippen LogP contribution in [0.25, 0.3) is 0 Å². The molecule has 0 aliphatic carbocycles. The van der Waals surface area contributed by atoms with E-state index in [4.69, 9.17) is 5.26 Å². The maximum atomic E-state index is 9.17. The molecule has 0 atom stereocenters. The Kier molecular flexibility index (Phi) is 4.15. The van der Waals surface area contributed by atoms with Crippen molar-refractivity contribution >= 4 is 0 Å². The quantitative estimate of drug-likeness (QED) is 0.784. The highest BCUT2D eigenvalue weighted by molar-refractivity contribution is 5.43. The summed E-state index contributed by atoms with van der Waals surface area (Å²) >= 11 is 0. The van der Waals surface area contributed by atoms with Crippen molar-refractivity contribution in [3.8, 4) is 6.07 Å². The molecular weight excluding hydrogens is 218 g/mol.